The van der Waals surface area contributed by atoms with Crippen LogP contribution in [-0.2, 0) is 11.3 Å². The molecule has 2 aromatic carbocycles. The summed E-state index contributed by atoms with van der Waals surface area (Å²) in [6.07, 6.45) is 1.20. The highest BCUT2D eigenvalue weighted by molar-refractivity contribution is 5.95. The number of nitrogens with zero attached hydrogens (tertiary/aromatic N) is 2. The zero-order valence-electron chi connectivity index (χ0n) is 13.5. The van der Waals surface area contributed by atoms with Gasteiger partial charge in [0.1, 0.15) is 6.54 Å². The number of anilines is 1. The number of hydrogen-bond acceptors (Lipinski definition) is 4. The number of fused-ring (bicyclic) bond motifs is 1. The summed E-state index contributed by atoms with van der Waals surface area (Å²) in [6.45, 7) is -0.0298. The van der Waals surface area contributed by atoms with Crippen molar-refractivity contribution in [3.8, 4) is 0 Å². The van der Waals surface area contributed by atoms with Crippen LogP contribution in [0.2, 0.25) is 0 Å². The molecule has 2 amide bonds. The lowest BCUT2D eigenvalue weighted by atomic mass is 10.2. The van der Waals surface area contributed by atoms with E-state index < -0.39 is 0 Å². The van der Waals surface area contributed by atoms with Gasteiger partial charge < -0.3 is 10.6 Å². The van der Waals surface area contributed by atoms with Crippen LogP contribution in [0.15, 0.2) is 59.5 Å². The van der Waals surface area contributed by atoms with E-state index in [1.807, 2.05) is 0 Å². The van der Waals surface area contributed by atoms with Gasteiger partial charge in [0.05, 0.1) is 11.7 Å². The molecule has 0 unspecified atom stereocenters. The Morgan fingerprint density at radius 1 is 1.08 bits per heavy atom. The Morgan fingerprint density at radius 3 is 2.52 bits per heavy atom. The van der Waals surface area contributed by atoms with E-state index in [-0.39, 0.29) is 23.8 Å². The second kappa shape index (κ2) is 6.96. The standard InChI is InChI=1S/C18H16N4O3/c1-19-18(25)12-6-8-13(9-7-12)21-17(24)11-22-15-5-3-2-4-14(15)16(23)10-20-22/h2-10H,11H2,1H3,(H,19,25)(H,21,24). The Labute approximate surface area is 143 Å². The molecule has 0 fully saturated rings. The van der Waals surface area contributed by atoms with E-state index in [1.165, 1.54) is 10.9 Å². The Hall–Kier alpha value is -3.48. The fourth-order valence-electron chi connectivity index (χ4n) is 2.47. The van der Waals surface area contributed by atoms with Crippen molar-refractivity contribution in [3.63, 3.8) is 0 Å². The van der Waals surface area contributed by atoms with Crippen molar-refractivity contribution in [2.24, 2.45) is 0 Å². The summed E-state index contributed by atoms with van der Waals surface area (Å²) < 4.78 is 1.48. The van der Waals surface area contributed by atoms with E-state index in [1.54, 1.807) is 55.6 Å². The van der Waals surface area contributed by atoms with Crippen LogP contribution in [0.5, 0.6) is 0 Å². The molecule has 0 aliphatic carbocycles. The maximum atomic E-state index is 12.3. The van der Waals surface area contributed by atoms with Gasteiger partial charge in [-0.05, 0) is 36.4 Å². The fourth-order valence-corrected chi connectivity index (χ4v) is 2.47. The minimum Gasteiger partial charge on any atom is -0.355 e. The molecule has 7 nitrogen and oxygen atoms in total. The van der Waals surface area contributed by atoms with E-state index in [0.29, 0.717) is 22.2 Å². The number of carbonyl (C=O) groups is 2. The van der Waals surface area contributed by atoms with Crippen molar-refractivity contribution in [2.75, 3.05) is 12.4 Å². The zero-order chi connectivity index (χ0) is 17.8. The van der Waals surface area contributed by atoms with E-state index in [2.05, 4.69) is 15.7 Å². The van der Waals surface area contributed by atoms with Gasteiger partial charge in [-0.2, -0.15) is 5.10 Å². The molecule has 0 aliphatic heterocycles. The minimum absolute atomic E-state index is 0.0298. The number of hydrogen-bond donors (Lipinski definition) is 2. The topological polar surface area (TPSA) is 93.1 Å². The summed E-state index contributed by atoms with van der Waals surface area (Å²) in [5.74, 6) is -0.476. The third-order valence-electron chi connectivity index (χ3n) is 3.71. The van der Waals surface area contributed by atoms with Crippen LogP contribution in [-0.4, -0.2) is 28.6 Å². The van der Waals surface area contributed by atoms with Crippen molar-refractivity contribution in [3.05, 3.63) is 70.5 Å². The number of para-hydroxylation sites is 1. The molecular weight excluding hydrogens is 320 g/mol. The van der Waals surface area contributed by atoms with Crippen LogP contribution in [0.3, 0.4) is 0 Å². The predicted octanol–water partition coefficient (Wildman–Crippen LogP) is 1.39. The number of nitrogens with one attached hydrogen (secondary N) is 2. The summed E-state index contributed by atoms with van der Waals surface area (Å²) in [6, 6.07) is 13.6. The predicted molar refractivity (Wildman–Crippen MR) is 94.5 cm³/mol. The highest BCUT2D eigenvalue weighted by atomic mass is 16.2. The molecule has 2 N–H and O–H groups in total. The summed E-state index contributed by atoms with van der Waals surface area (Å²) in [7, 11) is 1.56. The molecule has 0 radical (unpaired) electrons. The van der Waals surface area contributed by atoms with Crippen LogP contribution in [0, 0.1) is 0 Å². The Kier molecular flexibility index (Phi) is 4.56. The van der Waals surface area contributed by atoms with Gasteiger partial charge in [0.15, 0.2) is 0 Å². The molecule has 0 aliphatic rings. The van der Waals surface area contributed by atoms with Gasteiger partial charge in [0.2, 0.25) is 11.3 Å². The molecule has 0 saturated heterocycles. The largest absolute Gasteiger partial charge is 0.355 e. The van der Waals surface area contributed by atoms with Crippen molar-refractivity contribution < 1.29 is 9.59 Å². The lowest BCUT2D eigenvalue weighted by molar-refractivity contribution is -0.116. The smallest absolute Gasteiger partial charge is 0.251 e. The number of carbonyl (C=O) groups excluding carboxylic acids is 2. The second-order valence-corrected chi connectivity index (χ2v) is 5.39. The highest BCUT2D eigenvalue weighted by Crippen LogP contribution is 2.11. The number of aromatic nitrogens is 2. The van der Waals surface area contributed by atoms with Gasteiger partial charge in [-0.25, -0.2) is 0 Å². The van der Waals surface area contributed by atoms with Crippen molar-refractivity contribution in [1.82, 2.24) is 15.1 Å². The first-order valence-electron chi connectivity index (χ1n) is 7.65. The van der Waals surface area contributed by atoms with Gasteiger partial charge in [0, 0.05) is 23.7 Å². The summed E-state index contributed by atoms with van der Waals surface area (Å²) in [5, 5.41) is 9.82. The summed E-state index contributed by atoms with van der Waals surface area (Å²) >= 11 is 0. The monoisotopic (exact) mass is 336 g/mol. The maximum Gasteiger partial charge on any atom is 0.251 e. The molecule has 7 heteroatoms. The molecule has 1 aromatic heterocycles. The van der Waals surface area contributed by atoms with E-state index in [0.717, 1.165) is 0 Å². The average Bonchev–Trinajstić information content (AvgIpc) is 2.64. The summed E-state index contributed by atoms with van der Waals surface area (Å²) in [5.41, 5.74) is 1.49. The fraction of sp³-hybridized carbons (Fsp3) is 0.111. The second-order valence-electron chi connectivity index (χ2n) is 5.39. The number of rotatable bonds is 4. The van der Waals surface area contributed by atoms with Gasteiger partial charge in [0.25, 0.3) is 5.91 Å². The SMILES string of the molecule is CNC(=O)c1ccc(NC(=O)Cn2ncc(=O)c3ccccc32)cc1. The van der Waals surface area contributed by atoms with Crippen LogP contribution >= 0.6 is 0 Å². The third kappa shape index (κ3) is 3.55. The van der Waals surface area contributed by atoms with Gasteiger partial charge in [-0.15, -0.1) is 0 Å². The van der Waals surface area contributed by atoms with Gasteiger partial charge in [-0.3, -0.25) is 19.1 Å². The highest BCUT2D eigenvalue weighted by Gasteiger charge is 2.09. The molecule has 3 rings (SSSR count). The van der Waals surface area contributed by atoms with Gasteiger partial charge in [-0.1, -0.05) is 12.1 Å². The van der Waals surface area contributed by atoms with E-state index in [9.17, 15) is 14.4 Å². The molecule has 3 aromatic rings. The summed E-state index contributed by atoms with van der Waals surface area (Å²) in [4.78, 5) is 35.6. The molecule has 25 heavy (non-hydrogen) atoms. The molecule has 0 saturated carbocycles. The molecule has 1 heterocycles. The van der Waals surface area contributed by atoms with Crippen LogP contribution in [0.25, 0.3) is 10.9 Å². The van der Waals surface area contributed by atoms with E-state index >= 15 is 0 Å². The Bertz CT molecular complexity index is 993. The lowest BCUT2D eigenvalue weighted by Gasteiger charge is -2.10. The maximum absolute atomic E-state index is 12.3. The van der Waals surface area contributed by atoms with Crippen molar-refractivity contribution in [1.29, 1.82) is 0 Å². The zero-order valence-corrected chi connectivity index (χ0v) is 13.5. The van der Waals surface area contributed by atoms with E-state index in [4.69, 9.17) is 0 Å². The molecule has 0 atom stereocenters. The van der Waals surface area contributed by atoms with Crippen LogP contribution in [0.4, 0.5) is 5.69 Å². The lowest BCUT2D eigenvalue weighted by Crippen LogP contribution is -2.22. The van der Waals surface area contributed by atoms with Crippen LogP contribution in [0.1, 0.15) is 10.4 Å². The van der Waals surface area contributed by atoms with Gasteiger partial charge >= 0.3 is 0 Å². The van der Waals surface area contributed by atoms with Crippen molar-refractivity contribution in [2.45, 2.75) is 6.54 Å². The van der Waals surface area contributed by atoms with Crippen molar-refractivity contribution >= 4 is 28.4 Å². The Morgan fingerprint density at radius 2 is 1.80 bits per heavy atom. The number of benzene rings is 2. The Balaban J connectivity index is 1.76. The molecular formula is C18H16N4O3. The molecule has 0 bridgehead atoms. The van der Waals surface area contributed by atoms with Crippen LogP contribution < -0.4 is 16.1 Å². The first kappa shape index (κ1) is 16.4. The third-order valence-corrected chi connectivity index (χ3v) is 3.71. The molecule has 0 spiro atoms. The number of amides is 2. The first-order chi connectivity index (χ1) is 12.1. The first-order valence-corrected chi connectivity index (χ1v) is 7.65. The quantitative estimate of drug-likeness (QED) is 0.753. The normalized spacial score (nSPS) is 10.4. The average molecular weight is 336 g/mol. The minimum atomic E-state index is -0.283. The molecule has 126 valence electrons.